The van der Waals surface area contributed by atoms with E-state index in [0.29, 0.717) is 13.2 Å². The first kappa shape index (κ1) is 11.8. The van der Waals surface area contributed by atoms with E-state index >= 15 is 0 Å². The van der Waals surface area contributed by atoms with Crippen molar-refractivity contribution in [3.05, 3.63) is 47.8 Å². The number of hydrogen-bond donors (Lipinski definition) is 1. The second kappa shape index (κ2) is 5.16. The Morgan fingerprint density at radius 3 is 2.95 bits per heavy atom. The largest absolute Gasteiger partial charge is 0.489 e. The van der Waals surface area contributed by atoms with Crippen LogP contribution in [0.2, 0.25) is 0 Å². The van der Waals surface area contributed by atoms with E-state index in [2.05, 4.69) is 4.98 Å². The standard InChI is InChI=1S/C14H14N2O3/c15-7-11-6-12(3-4-16-11)17-8-10-1-2-13-14(5-10)19-9-18-13/h1-6H,7-9,15H2. The summed E-state index contributed by atoms with van der Waals surface area (Å²) in [6.45, 7) is 1.15. The number of nitrogens with two attached hydrogens (primary N) is 1. The Morgan fingerprint density at radius 1 is 1.16 bits per heavy atom. The molecule has 1 aromatic heterocycles. The highest BCUT2D eigenvalue weighted by Crippen LogP contribution is 2.32. The maximum atomic E-state index is 5.70. The van der Waals surface area contributed by atoms with Crippen molar-refractivity contribution in [3.8, 4) is 17.2 Å². The molecule has 0 spiro atoms. The zero-order chi connectivity index (χ0) is 13.1. The molecule has 2 N–H and O–H groups in total. The van der Waals surface area contributed by atoms with Gasteiger partial charge in [0.15, 0.2) is 11.5 Å². The maximum absolute atomic E-state index is 5.70. The minimum Gasteiger partial charge on any atom is -0.489 e. The molecular formula is C14H14N2O3. The van der Waals surface area contributed by atoms with E-state index in [4.69, 9.17) is 19.9 Å². The van der Waals surface area contributed by atoms with Crippen LogP contribution < -0.4 is 19.9 Å². The highest BCUT2D eigenvalue weighted by molar-refractivity contribution is 5.44. The summed E-state index contributed by atoms with van der Waals surface area (Å²) >= 11 is 0. The van der Waals surface area contributed by atoms with Crippen LogP contribution in [0.3, 0.4) is 0 Å². The molecule has 0 bridgehead atoms. The number of aromatic nitrogens is 1. The van der Waals surface area contributed by atoms with Crippen LogP contribution in [0.15, 0.2) is 36.5 Å². The highest BCUT2D eigenvalue weighted by atomic mass is 16.7. The lowest BCUT2D eigenvalue weighted by Gasteiger charge is -2.07. The average molecular weight is 258 g/mol. The van der Waals surface area contributed by atoms with Crippen molar-refractivity contribution in [2.75, 3.05) is 6.79 Å². The second-order valence-electron chi connectivity index (χ2n) is 4.16. The monoisotopic (exact) mass is 258 g/mol. The van der Waals surface area contributed by atoms with E-state index in [1.54, 1.807) is 6.20 Å². The number of pyridine rings is 1. The lowest BCUT2D eigenvalue weighted by Crippen LogP contribution is -2.01. The molecule has 98 valence electrons. The smallest absolute Gasteiger partial charge is 0.231 e. The fourth-order valence-corrected chi connectivity index (χ4v) is 1.85. The molecule has 0 fully saturated rings. The number of rotatable bonds is 4. The molecule has 0 radical (unpaired) electrons. The van der Waals surface area contributed by atoms with Gasteiger partial charge in [-0.05, 0) is 23.8 Å². The third kappa shape index (κ3) is 2.61. The summed E-state index contributed by atoms with van der Waals surface area (Å²) in [4.78, 5) is 4.12. The van der Waals surface area contributed by atoms with Crippen molar-refractivity contribution in [2.24, 2.45) is 5.73 Å². The van der Waals surface area contributed by atoms with Gasteiger partial charge in [0.1, 0.15) is 12.4 Å². The van der Waals surface area contributed by atoms with E-state index in [1.165, 1.54) is 0 Å². The van der Waals surface area contributed by atoms with Crippen molar-refractivity contribution in [3.63, 3.8) is 0 Å². The van der Waals surface area contributed by atoms with Gasteiger partial charge in [-0.2, -0.15) is 0 Å². The Bertz CT molecular complexity index is 587. The number of benzene rings is 1. The van der Waals surface area contributed by atoms with E-state index in [0.717, 1.165) is 28.5 Å². The topological polar surface area (TPSA) is 66.6 Å². The number of hydrogen-bond acceptors (Lipinski definition) is 5. The Hall–Kier alpha value is -2.27. The van der Waals surface area contributed by atoms with Gasteiger partial charge in [0.2, 0.25) is 6.79 Å². The van der Waals surface area contributed by atoms with Gasteiger partial charge in [-0.15, -0.1) is 0 Å². The predicted octanol–water partition coefficient (Wildman–Crippen LogP) is 1.85. The van der Waals surface area contributed by atoms with E-state index in [-0.39, 0.29) is 6.79 Å². The van der Waals surface area contributed by atoms with Gasteiger partial charge in [0.25, 0.3) is 0 Å². The molecule has 2 heterocycles. The summed E-state index contributed by atoms with van der Waals surface area (Å²) in [7, 11) is 0. The van der Waals surface area contributed by atoms with Gasteiger partial charge in [-0.25, -0.2) is 0 Å². The molecular weight excluding hydrogens is 244 g/mol. The second-order valence-corrected chi connectivity index (χ2v) is 4.16. The minimum absolute atomic E-state index is 0.282. The molecule has 1 aliphatic rings. The molecule has 1 aromatic carbocycles. The van der Waals surface area contributed by atoms with Crippen molar-refractivity contribution >= 4 is 0 Å². The summed E-state index contributed by atoms with van der Waals surface area (Å²) in [5, 5.41) is 0. The minimum atomic E-state index is 0.282. The van der Waals surface area contributed by atoms with Crippen LogP contribution >= 0.6 is 0 Å². The van der Waals surface area contributed by atoms with Crippen LogP contribution in [0.25, 0.3) is 0 Å². The Morgan fingerprint density at radius 2 is 2.05 bits per heavy atom. The van der Waals surface area contributed by atoms with Gasteiger partial charge in [-0.3, -0.25) is 4.98 Å². The Kier molecular flexibility index (Phi) is 3.20. The maximum Gasteiger partial charge on any atom is 0.231 e. The zero-order valence-electron chi connectivity index (χ0n) is 10.3. The third-order valence-corrected chi connectivity index (χ3v) is 2.84. The SMILES string of the molecule is NCc1cc(OCc2ccc3c(c2)OCO3)ccn1. The molecule has 1 aliphatic heterocycles. The zero-order valence-corrected chi connectivity index (χ0v) is 10.3. The molecule has 3 rings (SSSR count). The highest BCUT2D eigenvalue weighted by Gasteiger charge is 2.13. The predicted molar refractivity (Wildman–Crippen MR) is 69.0 cm³/mol. The molecule has 0 unspecified atom stereocenters. The van der Waals surface area contributed by atoms with Gasteiger partial charge in [0, 0.05) is 18.8 Å². The first-order chi connectivity index (χ1) is 9.35. The lowest BCUT2D eigenvalue weighted by atomic mass is 10.2. The van der Waals surface area contributed by atoms with Crippen molar-refractivity contribution in [1.29, 1.82) is 0 Å². The van der Waals surface area contributed by atoms with Crippen molar-refractivity contribution in [2.45, 2.75) is 13.2 Å². The third-order valence-electron chi connectivity index (χ3n) is 2.84. The summed E-state index contributed by atoms with van der Waals surface area (Å²) in [6.07, 6.45) is 1.69. The molecule has 0 amide bonds. The van der Waals surface area contributed by atoms with Gasteiger partial charge >= 0.3 is 0 Å². The van der Waals surface area contributed by atoms with Crippen LogP contribution in [0.4, 0.5) is 0 Å². The van der Waals surface area contributed by atoms with Gasteiger partial charge in [-0.1, -0.05) is 6.07 Å². The molecule has 19 heavy (non-hydrogen) atoms. The molecule has 0 saturated carbocycles. The van der Waals surface area contributed by atoms with Crippen LogP contribution in [0.1, 0.15) is 11.3 Å². The molecule has 5 nitrogen and oxygen atoms in total. The normalized spacial score (nSPS) is 12.5. The van der Waals surface area contributed by atoms with E-state index in [1.807, 2.05) is 30.3 Å². The lowest BCUT2D eigenvalue weighted by molar-refractivity contribution is 0.174. The van der Waals surface area contributed by atoms with Gasteiger partial charge < -0.3 is 19.9 Å². The first-order valence-electron chi connectivity index (χ1n) is 6.01. The van der Waals surface area contributed by atoms with Crippen molar-refractivity contribution < 1.29 is 14.2 Å². The van der Waals surface area contributed by atoms with Crippen LogP contribution in [-0.4, -0.2) is 11.8 Å². The van der Waals surface area contributed by atoms with Gasteiger partial charge in [0.05, 0.1) is 5.69 Å². The fraction of sp³-hybridized carbons (Fsp3) is 0.214. The van der Waals surface area contributed by atoms with Crippen LogP contribution in [0.5, 0.6) is 17.2 Å². The Balaban J connectivity index is 1.68. The number of fused-ring (bicyclic) bond motifs is 1. The molecule has 0 aliphatic carbocycles. The van der Waals surface area contributed by atoms with Crippen LogP contribution in [-0.2, 0) is 13.2 Å². The summed E-state index contributed by atoms with van der Waals surface area (Å²) in [5.41, 5.74) is 7.37. The molecule has 0 atom stereocenters. The van der Waals surface area contributed by atoms with E-state index < -0.39 is 0 Å². The summed E-state index contributed by atoms with van der Waals surface area (Å²) in [6, 6.07) is 9.42. The Labute approximate surface area is 110 Å². The fourth-order valence-electron chi connectivity index (χ4n) is 1.85. The van der Waals surface area contributed by atoms with Crippen LogP contribution in [0, 0.1) is 0 Å². The molecule has 0 saturated heterocycles. The quantitative estimate of drug-likeness (QED) is 0.906. The average Bonchev–Trinajstić information content (AvgIpc) is 2.93. The molecule has 2 aromatic rings. The summed E-state index contributed by atoms with van der Waals surface area (Å²) in [5.74, 6) is 2.30. The first-order valence-corrected chi connectivity index (χ1v) is 6.01. The number of nitrogens with zero attached hydrogens (tertiary/aromatic N) is 1. The molecule has 5 heteroatoms. The summed E-state index contributed by atoms with van der Waals surface area (Å²) < 4.78 is 16.3. The number of ether oxygens (including phenoxy) is 3. The van der Waals surface area contributed by atoms with Crippen molar-refractivity contribution in [1.82, 2.24) is 4.98 Å². The van der Waals surface area contributed by atoms with E-state index in [9.17, 15) is 0 Å².